The molecule has 3 rings (SSSR count). The Morgan fingerprint density at radius 1 is 1.20 bits per heavy atom. The molecule has 0 aliphatic carbocycles. The number of pyridine rings is 1. The van der Waals surface area contributed by atoms with Crippen molar-refractivity contribution in [3.8, 4) is 0 Å². The number of fused-ring (bicyclic) bond motifs is 1. The summed E-state index contributed by atoms with van der Waals surface area (Å²) in [5.41, 5.74) is 1.03. The highest BCUT2D eigenvalue weighted by Gasteiger charge is 2.16. The van der Waals surface area contributed by atoms with Gasteiger partial charge in [-0.15, -0.1) is 0 Å². The molecule has 104 valence electrons. The van der Waals surface area contributed by atoms with Crippen LogP contribution in [0.15, 0.2) is 36.7 Å². The summed E-state index contributed by atoms with van der Waals surface area (Å²) in [6, 6.07) is 8.12. The van der Waals surface area contributed by atoms with Crippen molar-refractivity contribution in [2.45, 2.75) is 12.8 Å². The average Bonchev–Trinajstić information content (AvgIpc) is 2.77. The molecule has 1 fully saturated rings. The molecule has 0 bridgehead atoms. The molecule has 1 aliphatic heterocycles. The molecule has 2 aromatic rings. The lowest BCUT2D eigenvalue weighted by molar-refractivity contribution is -0.130. The molecule has 1 aliphatic rings. The Morgan fingerprint density at radius 3 is 3.05 bits per heavy atom. The molecule has 1 aromatic carbocycles. The molecule has 0 atom stereocenters. The third-order valence-electron chi connectivity index (χ3n) is 3.67. The number of nitrogens with zero attached hydrogens (tertiary/aromatic N) is 2. The van der Waals surface area contributed by atoms with Crippen molar-refractivity contribution in [2.24, 2.45) is 0 Å². The van der Waals surface area contributed by atoms with Crippen LogP contribution in [-0.4, -0.2) is 40.4 Å². The van der Waals surface area contributed by atoms with Crippen molar-refractivity contribution in [3.63, 3.8) is 0 Å². The quantitative estimate of drug-likeness (QED) is 0.851. The standard InChI is InChI=1S/C16H18N2OS/c19-16(18-6-3-8-20-9-7-18)10-14-12-17-11-13-4-1-2-5-15(13)14/h1-2,4-5,11-12H,3,6-10H2. The lowest BCUT2D eigenvalue weighted by Crippen LogP contribution is -2.34. The van der Waals surface area contributed by atoms with Crippen LogP contribution in [0, 0.1) is 0 Å². The molecule has 0 spiro atoms. The fourth-order valence-electron chi connectivity index (χ4n) is 2.59. The van der Waals surface area contributed by atoms with Crippen molar-refractivity contribution in [2.75, 3.05) is 24.6 Å². The van der Waals surface area contributed by atoms with E-state index < -0.39 is 0 Å². The SMILES string of the molecule is O=C(Cc1cncc2ccccc12)N1CCCSCC1. The van der Waals surface area contributed by atoms with E-state index in [4.69, 9.17) is 0 Å². The van der Waals surface area contributed by atoms with E-state index in [1.807, 2.05) is 47.3 Å². The summed E-state index contributed by atoms with van der Waals surface area (Å²) >= 11 is 1.94. The summed E-state index contributed by atoms with van der Waals surface area (Å²) in [5.74, 6) is 2.45. The van der Waals surface area contributed by atoms with Crippen molar-refractivity contribution >= 4 is 28.4 Å². The zero-order chi connectivity index (χ0) is 13.8. The highest BCUT2D eigenvalue weighted by Crippen LogP contribution is 2.19. The van der Waals surface area contributed by atoms with Crippen LogP contribution in [0.25, 0.3) is 10.8 Å². The second-order valence-electron chi connectivity index (χ2n) is 5.04. The Labute approximate surface area is 123 Å². The maximum atomic E-state index is 12.5. The first-order chi connectivity index (χ1) is 9.84. The van der Waals surface area contributed by atoms with Gasteiger partial charge in [-0.2, -0.15) is 11.8 Å². The maximum absolute atomic E-state index is 12.5. The number of thioether (sulfide) groups is 1. The number of benzene rings is 1. The highest BCUT2D eigenvalue weighted by atomic mass is 32.2. The lowest BCUT2D eigenvalue weighted by Gasteiger charge is -2.20. The summed E-state index contributed by atoms with van der Waals surface area (Å²) < 4.78 is 0. The number of aromatic nitrogens is 1. The van der Waals surface area contributed by atoms with E-state index in [1.54, 1.807) is 0 Å². The predicted molar refractivity (Wildman–Crippen MR) is 84.0 cm³/mol. The second kappa shape index (κ2) is 6.27. The minimum atomic E-state index is 0.227. The summed E-state index contributed by atoms with van der Waals surface area (Å²) in [6.07, 6.45) is 5.24. The Balaban J connectivity index is 1.80. The Morgan fingerprint density at radius 2 is 2.10 bits per heavy atom. The molecule has 2 heterocycles. The number of carbonyl (C=O) groups excluding carboxylic acids is 1. The number of amides is 1. The van der Waals surface area contributed by atoms with Crippen molar-refractivity contribution in [3.05, 3.63) is 42.2 Å². The van der Waals surface area contributed by atoms with E-state index in [0.29, 0.717) is 6.42 Å². The maximum Gasteiger partial charge on any atom is 0.227 e. The van der Waals surface area contributed by atoms with E-state index >= 15 is 0 Å². The van der Waals surface area contributed by atoms with Crippen LogP contribution in [-0.2, 0) is 11.2 Å². The molecule has 1 amide bonds. The van der Waals surface area contributed by atoms with Gasteiger partial charge >= 0.3 is 0 Å². The molecule has 0 radical (unpaired) electrons. The van der Waals surface area contributed by atoms with E-state index in [0.717, 1.165) is 41.6 Å². The van der Waals surface area contributed by atoms with Crippen LogP contribution in [0.2, 0.25) is 0 Å². The average molecular weight is 286 g/mol. The summed E-state index contributed by atoms with van der Waals surface area (Å²) in [7, 11) is 0. The molecule has 0 unspecified atom stereocenters. The third-order valence-corrected chi connectivity index (χ3v) is 4.72. The Kier molecular flexibility index (Phi) is 4.21. The number of hydrogen-bond acceptors (Lipinski definition) is 3. The molecule has 3 nitrogen and oxygen atoms in total. The molecular formula is C16H18N2OS. The second-order valence-corrected chi connectivity index (χ2v) is 6.27. The van der Waals surface area contributed by atoms with Gasteiger partial charge < -0.3 is 4.90 Å². The summed E-state index contributed by atoms with van der Waals surface area (Å²) in [5, 5.41) is 2.24. The van der Waals surface area contributed by atoms with Gasteiger partial charge in [-0.3, -0.25) is 9.78 Å². The molecule has 0 saturated carbocycles. The highest BCUT2D eigenvalue weighted by molar-refractivity contribution is 7.99. The van der Waals surface area contributed by atoms with Crippen LogP contribution >= 0.6 is 11.8 Å². The molecule has 4 heteroatoms. The first-order valence-corrected chi connectivity index (χ1v) is 8.17. The first kappa shape index (κ1) is 13.4. The zero-order valence-electron chi connectivity index (χ0n) is 11.4. The van der Waals surface area contributed by atoms with E-state index in [-0.39, 0.29) is 5.91 Å². The van der Waals surface area contributed by atoms with Crippen LogP contribution in [0.1, 0.15) is 12.0 Å². The molecule has 1 saturated heterocycles. The number of carbonyl (C=O) groups is 1. The molecule has 20 heavy (non-hydrogen) atoms. The van der Waals surface area contributed by atoms with Crippen molar-refractivity contribution < 1.29 is 4.79 Å². The van der Waals surface area contributed by atoms with Crippen LogP contribution < -0.4 is 0 Å². The van der Waals surface area contributed by atoms with Crippen LogP contribution in [0.4, 0.5) is 0 Å². The van der Waals surface area contributed by atoms with Gasteiger partial charge in [-0.1, -0.05) is 24.3 Å². The van der Waals surface area contributed by atoms with Crippen LogP contribution in [0.5, 0.6) is 0 Å². The van der Waals surface area contributed by atoms with Crippen molar-refractivity contribution in [1.29, 1.82) is 0 Å². The number of hydrogen-bond donors (Lipinski definition) is 0. The third kappa shape index (κ3) is 2.96. The smallest absolute Gasteiger partial charge is 0.227 e. The van der Waals surface area contributed by atoms with Gasteiger partial charge in [0.15, 0.2) is 0 Å². The van der Waals surface area contributed by atoms with Gasteiger partial charge in [-0.25, -0.2) is 0 Å². The fourth-order valence-corrected chi connectivity index (χ4v) is 3.48. The van der Waals surface area contributed by atoms with Gasteiger partial charge in [0.1, 0.15) is 0 Å². The molecule has 0 N–H and O–H groups in total. The molecule has 1 aromatic heterocycles. The largest absolute Gasteiger partial charge is 0.342 e. The van der Waals surface area contributed by atoms with Gasteiger partial charge in [0, 0.05) is 36.6 Å². The Bertz CT molecular complexity index is 601. The van der Waals surface area contributed by atoms with E-state index in [2.05, 4.69) is 11.1 Å². The monoisotopic (exact) mass is 286 g/mol. The lowest BCUT2D eigenvalue weighted by atomic mass is 10.0. The van der Waals surface area contributed by atoms with Gasteiger partial charge in [0.2, 0.25) is 5.91 Å². The normalized spacial score (nSPS) is 16.1. The van der Waals surface area contributed by atoms with Crippen LogP contribution in [0.3, 0.4) is 0 Å². The summed E-state index contributed by atoms with van der Waals surface area (Å²) in [4.78, 5) is 18.7. The zero-order valence-corrected chi connectivity index (χ0v) is 12.2. The summed E-state index contributed by atoms with van der Waals surface area (Å²) in [6.45, 7) is 1.77. The number of rotatable bonds is 2. The van der Waals surface area contributed by atoms with Crippen molar-refractivity contribution in [1.82, 2.24) is 9.88 Å². The topological polar surface area (TPSA) is 33.2 Å². The van der Waals surface area contributed by atoms with E-state index in [9.17, 15) is 4.79 Å². The fraction of sp³-hybridized carbons (Fsp3) is 0.375. The first-order valence-electron chi connectivity index (χ1n) is 7.02. The predicted octanol–water partition coefficient (Wildman–Crippen LogP) is 2.74. The molecular weight excluding hydrogens is 268 g/mol. The van der Waals surface area contributed by atoms with E-state index in [1.165, 1.54) is 5.75 Å². The van der Waals surface area contributed by atoms with Gasteiger partial charge in [0.05, 0.1) is 6.42 Å². The minimum Gasteiger partial charge on any atom is -0.342 e. The minimum absolute atomic E-state index is 0.227. The Hall–Kier alpha value is -1.55. The van der Waals surface area contributed by atoms with Gasteiger partial charge in [0.25, 0.3) is 0 Å². The van der Waals surface area contributed by atoms with Gasteiger partial charge in [-0.05, 0) is 23.1 Å².